The topological polar surface area (TPSA) is 61.9 Å². The third kappa shape index (κ3) is 5.63. The maximum atomic E-state index is 12.5. The number of likely N-dealkylation sites (tertiary alicyclic amines) is 1. The van der Waals surface area contributed by atoms with Gasteiger partial charge in [0.05, 0.1) is 6.10 Å². The van der Waals surface area contributed by atoms with Gasteiger partial charge in [-0.15, -0.1) is 0 Å². The van der Waals surface area contributed by atoms with Crippen LogP contribution >= 0.6 is 0 Å². The number of rotatable bonds is 5. The van der Waals surface area contributed by atoms with Crippen molar-refractivity contribution < 1.29 is 14.3 Å². The van der Waals surface area contributed by atoms with Gasteiger partial charge in [-0.3, -0.25) is 4.79 Å². The van der Waals surface area contributed by atoms with E-state index in [0.717, 1.165) is 37.0 Å². The van der Waals surface area contributed by atoms with E-state index < -0.39 is 0 Å². The Morgan fingerprint density at radius 3 is 2.29 bits per heavy atom. The van der Waals surface area contributed by atoms with Crippen LogP contribution in [0.1, 0.15) is 50.5 Å². The summed E-state index contributed by atoms with van der Waals surface area (Å²) in [7, 11) is 3.51. The van der Waals surface area contributed by atoms with Crippen LogP contribution in [-0.4, -0.2) is 55.0 Å². The van der Waals surface area contributed by atoms with Crippen molar-refractivity contribution in [2.24, 2.45) is 5.92 Å². The summed E-state index contributed by atoms with van der Waals surface area (Å²) in [5.74, 6) is 0.986. The van der Waals surface area contributed by atoms with E-state index in [1.54, 1.807) is 19.0 Å². The molecule has 0 bridgehead atoms. The number of carbonyl (C=O) groups is 2. The number of nitrogens with zero attached hydrogens (tertiary/aromatic N) is 2. The molecule has 28 heavy (non-hydrogen) atoms. The molecule has 1 heterocycles. The zero-order valence-electron chi connectivity index (χ0n) is 17.2. The zero-order chi connectivity index (χ0) is 19.9. The molecule has 1 aliphatic heterocycles. The highest BCUT2D eigenvalue weighted by Crippen LogP contribution is 2.24. The number of carbonyl (C=O) groups excluding carboxylic acids is 2. The number of amides is 3. The molecule has 2 fully saturated rings. The summed E-state index contributed by atoms with van der Waals surface area (Å²) in [4.78, 5) is 27.8. The molecule has 6 nitrogen and oxygen atoms in total. The lowest BCUT2D eigenvalue weighted by Gasteiger charge is -2.33. The molecule has 1 aliphatic carbocycles. The van der Waals surface area contributed by atoms with Gasteiger partial charge in [0.25, 0.3) is 0 Å². The second kappa shape index (κ2) is 9.80. The van der Waals surface area contributed by atoms with Gasteiger partial charge in [0.2, 0.25) is 5.91 Å². The predicted octanol–water partition coefficient (Wildman–Crippen LogP) is 3.41. The van der Waals surface area contributed by atoms with Gasteiger partial charge >= 0.3 is 6.03 Å². The van der Waals surface area contributed by atoms with Crippen molar-refractivity contribution in [1.82, 2.24) is 15.1 Å². The van der Waals surface area contributed by atoms with E-state index in [1.807, 2.05) is 29.2 Å². The Kier molecular flexibility index (Phi) is 7.18. The summed E-state index contributed by atoms with van der Waals surface area (Å²) in [6.07, 6.45) is 7.94. The monoisotopic (exact) mass is 387 g/mol. The Bertz CT molecular complexity index is 645. The third-order valence-corrected chi connectivity index (χ3v) is 5.76. The molecule has 3 amide bonds. The number of piperidine rings is 1. The minimum Gasteiger partial charge on any atom is -0.490 e. The smallest absolute Gasteiger partial charge is 0.319 e. The molecule has 154 valence electrons. The Labute approximate surface area is 168 Å². The standard InChI is InChI=1S/C22H33N3O3/c1-24(2)22(27)25-14-12-18(13-15-25)21(26)23-16-17-8-10-20(11-9-17)28-19-6-4-3-5-7-19/h8-11,18-19H,3-7,12-16H2,1-2H3,(H,23,26). The van der Waals surface area contributed by atoms with Crippen LogP contribution in [0.25, 0.3) is 0 Å². The third-order valence-electron chi connectivity index (χ3n) is 5.76. The van der Waals surface area contributed by atoms with E-state index in [4.69, 9.17) is 4.74 Å². The van der Waals surface area contributed by atoms with E-state index in [-0.39, 0.29) is 17.9 Å². The minimum atomic E-state index is -0.0138. The van der Waals surface area contributed by atoms with Crippen LogP contribution in [0.15, 0.2) is 24.3 Å². The first-order valence-corrected chi connectivity index (χ1v) is 10.5. The van der Waals surface area contributed by atoms with Crippen LogP contribution < -0.4 is 10.1 Å². The Morgan fingerprint density at radius 1 is 1.04 bits per heavy atom. The second-order valence-corrected chi connectivity index (χ2v) is 8.18. The summed E-state index contributed by atoms with van der Waals surface area (Å²) >= 11 is 0. The van der Waals surface area contributed by atoms with E-state index >= 15 is 0 Å². The average Bonchev–Trinajstić information content (AvgIpc) is 2.73. The summed E-state index contributed by atoms with van der Waals surface area (Å²) in [6, 6.07) is 8.07. The van der Waals surface area contributed by atoms with Gasteiger partial charge in [-0.1, -0.05) is 18.6 Å². The highest BCUT2D eigenvalue weighted by molar-refractivity contribution is 5.79. The molecular formula is C22H33N3O3. The van der Waals surface area contributed by atoms with E-state index in [9.17, 15) is 9.59 Å². The molecule has 0 spiro atoms. The quantitative estimate of drug-likeness (QED) is 0.842. The van der Waals surface area contributed by atoms with Gasteiger partial charge in [0.15, 0.2) is 0 Å². The number of hydrogen-bond acceptors (Lipinski definition) is 3. The highest BCUT2D eigenvalue weighted by atomic mass is 16.5. The Morgan fingerprint density at radius 2 is 1.68 bits per heavy atom. The van der Waals surface area contributed by atoms with Crippen LogP contribution in [0.3, 0.4) is 0 Å². The van der Waals surface area contributed by atoms with Crippen molar-refractivity contribution in [3.8, 4) is 5.75 Å². The summed E-state index contributed by atoms with van der Waals surface area (Å²) < 4.78 is 6.05. The lowest BCUT2D eigenvalue weighted by molar-refractivity contribution is -0.126. The number of benzene rings is 1. The molecule has 1 aromatic rings. The minimum absolute atomic E-state index is 0.0138. The van der Waals surface area contributed by atoms with Crippen molar-refractivity contribution >= 4 is 11.9 Å². The largest absolute Gasteiger partial charge is 0.490 e. The van der Waals surface area contributed by atoms with Crippen LogP contribution in [-0.2, 0) is 11.3 Å². The van der Waals surface area contributed by atoms with Gasteiger partial charge in [0.1, 0.15) is 5.75 Å². The van der Waals surface area contributed by atoms with Crippen LogP contribution in [0.4, 0.5) is 4.79 Å². The fraction of sp³-hybridized carbons (Fsp3) is 0.636. The summed E-state index contributed by atoms with van der Waals surface area (Å²) in [5.41, 5.74) is 1.07. The van der Waals surface area contributed by atoms with Gasteiger partial charge in [-0.25, -0.2) is 4.79 Å². The van der Waals surface area contributed by atoms with Crippen LogP contribution in [0.2, 0.25) is 0 Å². The molecule has 1 N–H and O–H groups in total. The number of hydrogen-bond donors (Lipinski definition) is 1. The van der Waals surface area contributed by atoms with Crippen molar-refractivity contribution in [2.75, 3.05) is 27.2 Å². The van der Waals surface area contributed by atoms with Crippen molar-refractivity contribution in [3.05, 3.63) is 29.8 Å². The molecule has 0 radical (unpaired) electrons. The second-order valence-electron chi connectivity index (χ2n) is 8.18. The van der Waals surface area contributed by atoms with E-state index in [2.05, 4.69) is 5.32 Å². The maximum Gasteiger partial charge on any atom is 0.319 e. The number of ether oxygens (including phenoxy) is 1. The normalized spacial score (nSPS) is 18.6. The van der Waals surface area contributed by atoms with Gasteiger partial charge in [-0.05, 0) is 56.2 Å². The van der Waals surface area contributed by atoms with Gasteiger partial charge in [0, 0.05) is 39.6 Å². The molecule has 2 aliphatic rings. The Hall–Kier alpha value is -2.24. The fourth-order valence-corrected chi connectivity index (χ4v) is 4.01. The van der Waals surface area contributed by atoms with Crippen molar-refractivity contribution in [1.29, 1.82) is 0 Å². The molecular weight excluding hydrogens is 354 g/mol. The molecule has 1 saturated carbocycles. The van der Waals surface area contributed by atoms with Gasteiger partial charge in [-0.2, -0.15) is 0 Å². The number of urea groups is 1. The van der Waals surface area contributed by atoms with Crippen molar-refractivity contribution in [2.45, 2.75) is 57.6 Å². The van der Waals surface area contributed by atoms with Crippen LogP contribution in [0.5, 0.6) is 5.75 Å². The Balaban J connectivity index is 1.40. The summed E-state index contributed by atoms with van der Waals surface area (Å²) in [5, 5.41) is 3.04. The molecule has 6 heteroatoms. The molecule has 1 aromatic carbocycles. The van der Waals surface area contributed by atoms with Crippen molar-refractivity contribution in [3.63, 3.8) is 0 Å². The SMILES string of the molecule is CN(C)C(=O)N1CCC(C(=O)NCc2ccc(OC3CCCCC3)cc2)CC1. The molecule has 0 unspecified atom stereocenters. The van der Waals surface area contributed by atoms with E-state index in [0.29, 0.717) is 25.7 Å². The first-order chi connectivity index (χ1) is 13.5. The van der Waals surface area contributed by atoms with Crippen LogP contribution in [0, 0.1) is 5.92 Å². The molecule has 0 aromatic heterocycles. The molecule has 3 rings (SSSR count). The van der Waals surface area contributed by atoms with E-state index in [1.165, 1.54) is 19.3 Å². The lowest BCUT2D eigenvalue weighted by atomic mass is 9.96. The average molecular weight is 388 g/mol. The predicted molar refractivity (Wildman–Crippen MR) is 109 cm³/mol. The zero-order valence-corrected chi connectivity index (χ0v) is 17.2. The fourth-order valence-electron chi connectivity index (χ4n) is 4.01. The number of nitrogens with one attached hydrogen (secondary N) is 1. The maximum absolute atomic E-state index is 12.5. The molecule has 0 atom stereocenters. The first-order valence-electron chi connectivity index (χ1n) is 10.5. The molecule has 1 saturated heterocycles. The highest BCUT2D eigenvalue weighted by Gasteiger charge is 2.27. The first kappa shape index (κ1) is 20.5. The lowest BCUT2D eigenvalue weighted by Crippen LogP contribution is -2.46. The summed E-state index contributed by atoms with van der Waals surface area (Å²) in [6.45, 7) is 1.81. The van der Waals surface area contributed by atoms with Gasteiger partial charge < -0.3 is 19.9 Å².